The van der Waals surface area contributed by atoms with Crippen LogP contribution in [0.5, 0.6) is 11.5 Å². The molecule has 0 aromatic heterocycles. The fraction of sp³-hybridized carbons (Fsp3) is 0.333. The second kappa shape index (κ2) is 5.89. The first-order valence-electron chi connectivity index (χ1n) is 6.89. The Hall–Kier alpha value is -1.60. The lowest BCUT2D eigenvalue weighted by molar-refractivity contribution is -0.122. The lowest BCUT2D eigenvalue weighted by atomic mass is 10.1. The highest BCUT2D eigenvalue weighted by atomic mass is 79.9. The van der Waals surface area contributed by atoms with Gasteiger partial charge in [0, 0.05) is 11.0 Å². The van der Waals surface area contributed by atoms with Crippen LogP contribution in [0.3, 0.4) is 0 Å². The Labute approximate surface area is 142 Å². The molecule has 1 aromatic carbocycles. The molecule has 0 saturated carbocycles. The van der Waals surface area contributed by atoms with Crippen LogP contribution in [-0.2, 0) is 4.79 Å². The van der Waals surface area contributed by atoms with Crippen LogP contribution in [0.4, 0.5) is 0 Å². The van der Waals surface area contributed by atoms with Crippen LogP contribution >= 0.6 is 28.1 Å². The zero-order valence-electron chi connectivity index (χ0n) is 12.2. The van der Waals surface area contributed by atoms with E-state index in [-0.39, 0.29) is 12.7 Å². The van der Waals surface area contributed by atoms with Gasteiger partial charge < -0.3 is 14.8 Å². The van der Waals surface area contributed by atoms with E-state index in [0.717, 1.165) is 10.0 Å². The van der Waals surface area contributed by atoms with Gasteiger partial charge in [-0.25, -0.2) is 0 Å². The molecule has 5 nitrogen and oxygen atoms in total. The number of halogens is 1. The maximum atomic E-state index is 12.4. The first kappa shape index (κ1) is 15.3. The quantitative estimate of drug-likeness (QED) is 0.643. The predicted octanol–water partition coefficient (Wildman–Crippen LogP) is 2.89. The molecule has 1 saturated heterocycles. The van der Waals surface area contributed by atoms with Crippen LogP contribution in [0.1, 0.15) is 19.4 Å². The zero-order chi connectivity index (χ0) is 15.9. The molecule has 116 valence electrons. The van der Waals surface area contributed by atoms with Gasteiger partial charge >= 0.3 is 0 Å². The normalized spacial score (nSPS) is 18.5. The molecule has 1 N–H and O–H groups in total. The van der Waals surface area contributed by atoms with Gasteiger partial charge in [0.1, 0.15) is 5.70 Å². The van der Waals surface area contributed by atoms with E-state index >= 15 is 0 Å². The third-order valence-corrected chi connectivity index (χ3v) is 4.31. The van der Waals surface area contributed by atoms with Crippen molar-refractivity contribution in [1.29, 1.82) is 0 Å². The van der Waals surface area contributed by atoms with Gasteiger partial charge in [-0.05, 0) is 41.9 Å². The molecule has 1 aromatic rings. The van der Waals surface area contributed by atoms with Gasteiger partial charge in [0.05, 0.1) is 0 Å². The minimum Gasteiger partial charge on any atom is -0.454 e. The van der Waals surface area contributed by atoms with E-state index in [9.17, 15) is 4.79 Å². The van der Waals surface area contributed by atoms with Crippen LogP contribution in [0.2, 0.25) is 0 Å². The van der Waals surface area contributed by atoms with Crippen molar-refractivity contribution in [2.24, 2.45) is 5.92 Å². The lowest BCUT2D eigenvalue weighted by Crippen LogP contribution is -2.33. The Balaban J connectivity index is 1.90. The Morgan fingerprint density at radius 1 is 1.41 bits per heavy atom. The third kappa shape index (κ3) is 2.83. The third-order valence-electron chi connectivity index (χ3n) is 3.30. The molecule has 2 aliphatic rings. The summed E-state index contributed by atoms with van der Waals surface area (Å²) >= 11 is 8.72. The molecule has 7 heteroatoms. The number of nitrogens with one attached hydrogen (secondary N) is 1. The first-order valence-corrected chi connectivity index (χ1v) is 8.09. The topological polar surface area (TPSA) is 50.8 Å². The number of amides is 1. The summed E-state index contributed by atoms with van der Waals surface area (Å²) in [5.74, 6) is 1.60. The summed E-state index contributed by atoms with van der Waals surface area (Å²) in [6.45, 7) is 4.91. The minimum atomic E-state index is -0.108. The van der Waals surface area contributed by atoms with E-state index < -0.39 is 0 Å². The molecule has 22 heavy (non-hydrogen) atoms. The van der Waals surface area contributed by atoms with E-state index in [1.165, 1.54) is 0 Å². The Morgan fingerprint density at radius 2 is 2.09 bits per heavy atom. The van der Waals surface area contributed by atoms with Crippen LogP contribution in [0.15, 0.2) is 22.3 Å². The van der Waals surface area contributed by atoms with Crippen LogP contribution < -0.4 is 14.8 Å². The number of carbonyl (C=O) groups excluding carboxylic acids is 1. The summed E-state index contributed by atoms with van der Waals surface area (Å²) in [6.07, 6.45) is 1.76. The number of ether oxygens (including phenoxy) is 2. The molecule has 0 spiro atoms. The molecule has 1 amide bonds. The summed E-state index contributed by atoms with van der Waals surface area (Å²) in [5.41, 5.74) is 1.29. The van der Waals surface area contributed by atoms with Crippen LogP contribution in [0.25, 0.3) is 6.08 Å². The molecule has 0 bridgehead atoms. The van der Waals surface area contributed by atoms with Crippen molar-refractivity contribution in [1.82, 2.24) is 10.2 Å². The predicted molar refractivity (Wildman–Crippen MR) is 90.5 cm³/mol. The van der Waals surface area contributed by atoms with Gasteiger partial charge in [-0.3, -0.25) is 9.69 Å². The molecular formula is C15H15BrN2O3S. The number of nitrogens with zero attached hydrogens (tertiary/aromatic N) is 1. The molecule has 3 rings (SSSR count). The second-order valence-electron chi connectivity index (χ2n) is 5.52. The Kier molecular flexibility index (Phi) is 4.10. The number of hydrogen-bond donors (Lipinski definition) is 1. The standard InChI is InChI=1S/C15H15BrN2O3S/c1-8(2)6-18-14(19)11(17-15(18)22)3-9-4-12-13(5-10(9)16)21-7-20-12/h3-5,8H,6-7H2,1-2H3,(H,17,22). The maximum Gasteiger partial charge on any atom is 0.276 e. The summed E-state index contributed by atoms with van der Waals surface area (Å²) in [6, 6.07) is 3.67. The molecule has 0 atom stereocenters. The fourth-order valence-electron chi connectivity index (χ4n) is 2.30. The number of fused-ring (bicyclic) bond motifs is 1. The number of carbonyl (C=O) groups is 1. The Bertz CT molecular complexity index is 688. The molecule has 1 fully saturated rings. The number of thiocarbonyl (C=S) groups is 1. The molecular weight excluding hydrogens is 368 g/mol. The second-order valence-corrected chi connectivity index (χ2v) is 6.77. The van der Waals surface area contributed by atoms with Crippen molar-refractivity contribution >= 4 is 45.2 Å². The highest BCUT2D eigenvalue weighted by Crippen LogP contribution is 2.37. The van der Waals surface area contributed by atoms with Crippen LogP contribution in [-0.4, -0.2) is 29.3 Å². The molecule has 0 radical (unpaired) electrons. The van der Waals surface area contributed by atoms with Crippen molar-refractivity contribution in [2.75, 3.05) is 13.3 Å². The van der Waals surface area contributed by atoms with Gasteiger partial charge in [0.2, 0.25) is 6.79 Å². The van der Waals surface area contributed by atoms with Crippen molar-refractivity contribution in [3.63, 3.8) is 0 Å². The van der Waals surface area contributed by atoms with E-state index in [1.807, 2.05) is 26.0 Å². The largest absolute Gasteiger partial charge is 0.454 e. The highest BCUT2D eigenvalue weighted by Gasteiger charge is 2.31. The van der Waals surface area contributed by atoms with Crippen LogP contribution in [0, 0.1) is 5.92 Å². The molecule has 2 aliphatic heterocycles. The Morgan fingerprint density at radius 3 is 2.77 bits per heavy atom. The van der Waals surface area contributed by atoms with E-state index in [0.29, 0.717) is 34.8 Å². The van der Waals surface area contributed by atoms with Crippen molar-refractivity contribution < 1.29 is 14.3 Å². The van der Waals surface area contributed by atoms with Gasteiger partial charge in [0.25, 0.3) is 5.91 Å². The number of hydrogen-bond acceptors (Lipinski definition) is 4. The summed E-state index contributed by atoms with van der Waals surface area (Å²) in [5, 5.41) is 3.42. The average molecular weight is 383 g/mol. The molecule has 0 aliphatic carbocycles. The minimum absolute atomic E-state index is 0.108. The summed E-state index contributed by atoms with van der Waals surface area (Å²) < 4.78 is 11.5. The lowest BCUT2D eigenvalue weighted by Gasteiger charge is -2.15. The summed E-state index contributed by atoms with van der Waals surface area (Å²) in [7, 11) is 0. The summed E-state index contributed by atoms with van der Waals surface area (Å²) in [4.78, 5) is 14.0. The number of benzene rings is 1. The van der Waals surface area contributed by atoms with Crippen molar-refractivity contribution in [3.05, 3.63) is 27.9 Å². The van der Waals surface area contributed by atoms with Gasteiger partial charge in [0.15, 0.2) is 16.6 Å². The van der Waals surface area contributed by atoms with Gasteiger partial charge in [-0.1, -0.05) is 29.8 Å². The fourth-order valence-corrected chi connectivity index (χ4v) is 3.01. The SMILES string of the molecule is CC(C)CN1C(=O)C(=Cc2cc3c(cc2Br)OCO3)NC1=S. The smallest absolute Gasteiger partial charge is 0.276 e. The van der Waals surface area contributed by atoms with Gasteiger partial charge in [-0.2, -0.15) is 0 Å². The first-order chi connectivity index (χ1) is 10.5. The van der Waals surface area contributed by atoms with Crippen molar-refractivity contribution in [2.45, 2.75) is 13.8 Å². The van der Waals surface area contributed by atoms with Gasteiger partial charge in [-0.15, -0.1) is 0 Å². The van der Waals surface area contributed by atoms with Crippen molar-refractivity contribution in [3.8, 4) is 11.5 Å². The zero-order valence-corrected chi connectivity index (χ0v) is 14.6. The average Bonchev–Trinajstić information content (AvgIpc) is 2.99. The molecule has 0 unspecified atom stereocenters. The molecule has 2 heterocycles. The van der Waals surface area contributed by atoms with E-state index in [2.05, 4.69) is 21.2 Å². The van der Waals surface area contributed by atoms with E-state index in [1.54, 1.807) is 11.0 Å². The monoisotopic (exact) mass is 382 g/mol. The van der Waals surface area contributed by atoms with E-state index in [4.69, 9.17) is 21.7 Å². The maximum absolute atomic E-state index is 12.4. The number of rotatable bonds is 3. The highest BCUT2D eigenvalue weighted by molar-refractivity contribution is 9.10.